The summed E-state index contributed by atoms with van der Waals surface area (Å²) in [5.41, 5.74) is 1.39. The van der Waals surface area contributed by atoms with E-state index in [-0.39, 0.29) is 32.9 Å². The lowest BCUT2D eigenvalue weighted by molar-refractivity contribution is 0.0981. The van der Waals surface area contributed by atoms with Gasteiger partial charge in [0.1, 0.15) is 17.1 Å². The molecule has 0 saturated carbocycles. The van der Waals surface area contributed by atoms with Crippen molar-refractivity contribution in [2.75, 3.05) is 6.61 Å². The molecule has 3 aromatic heterocycles. The van der Waals surface area contributed by atoms with Gasteiger partial charge in [0.05, 0.1) is 22.8 Å². The smallest absolute Gasteiger partial charge is 0.281 e. The lowest BCUT2D eigenvalue weighted by Crippen LogP contribution is -2.30. The van der Waals surface area contributed by atoms with Crippen LogP contribution < -0.4 is 15.0 Å². The van der Waals surface area contributed by atoms with Crippen molar-refractivity contribution in [3.05, 3.63) is 64.3 Å². The monoisotopic (exact) mass is 496 g/mol. The molecule has 182 valence electrons. The van der Waals surface area contributed by atoms with Crippen LogP contribution in [-0.4, -0.2) is 45.7 Å². The van der Waals surface area contributed by atoms with Gasteiger partial charge in [0, 0.05) is 25.0 Å². The fourth-order valence-corrected chi connectivity index (χ4v) is 4.62. The van der Waals surface area contributed by atoms with Crippen LogP contribution in [0.4, 0.5) is 0 Å². The number of carbonyl (C=O) groups is 1. The number of benzene rings is 1. The number of pyridine rings is 1. The topological polar surface area (TPSA) is 149 Å². The average Bonchev–Trinajstić information content (AvgIpc) is 3.25. The highest BCUT2D eigenvalue weighted by molar-refractivity contribution is 7.90. The lowest BCUT2D eigenvalue weighted by Gasteiger charge is -2.15. The van der Waals surface area contributed by atoms with Crippen LogP contribution in [0.25, 0.3) is 22.4 Å². The van der Waals surface area contributed by atoms with Crippen molar-refractivity contribution >= 4 is 27.0 Å². The zero-order valence-corrected chi connectivity index (χ0v) is 20.2. The molecule has 0 bridgehead atoms. The predicted molar refractivity (Wildman–Crippen MR) is 129 cm³/mol. The Morgan fingerprint density at radius 2 is 1.89 bits per heavy atom. The Morgan fingerprint density at radius 1 is 1.14 bits per heavy atom. The zero-order valence-electron chi connectivity index (χ0n) is 19.4. The average molecular weight is 497 g/mol. The number of fused-ring (bicyclic) bond motifs is 1. The summed E-state index contributed by atoms with van der Waals surface area (Å²) in [4.78, 5) is 33.8. The van der Waals surface area contributed by atoms with Gasteiger partial charge in [-0.3, -0.25) is 24.2 Å². The number of ether oxygens (including phenoxy) is 1. The van der Waals surface area contributed by atoms with Crippen molar-refractivity contribution < 1.29 is 17.9 Å². The summed E-state index contributed by atoms with van der Waals surface area (Å²) in [6, 6.07) is 6.95. The molecule has 35 heavy (non-hydrogen) atoms. The number of nitrogens with one attached hydrogen (secondary N) is 2. The van der Waals surface area contributed by atoms with Gasteiger partial charge in [-0.2, -0.15) is 5.10 Å². The molecule has 0 fully saturated rings. The van der Waals surface area contributed by atoms with Crippen LogP contribution in [-0.2, 0) is 23.5 Å². The highest BCUT2D eigenvalue weighted by Gasteiger charge is 2.23. The molecule has 0 radical (unpaired) electrons. The lowest BCUT2D eigenvalue weighted by atomic mass is 10.1. The molecule has 4 rings (SSSR count). The van der Waals surface area contributed by atoms with Crippen LogP contribution in [0.5, 0.6) is 5.75 Å². The van der Waals surface area contributed by atoms with Crippen LogP contribution in [0.2, 0.25) is 0 Å². The predicted octanol–water partition coefficient (Wildman–Crippen LogP) is 2.19. The van der Waals surface area contributed by atoms with Gasteiger partial charge in [-0.25, -0.2) is 18.1 Å². The van der Waals surface area contributed by atoms with Crippen molar-refractivity contribution in [2.45, 2.75) is 31.6 Å². The van der Waals surface area contributed by atoms with Gasteiger partial charge in [0.25, 0.3) is 21.5 Å². The number of nitrogens with zero attached hydrogens (tertiary/aromatic N) is 4. The number of aryl methyl sites for hydroxylation is 1. The van der Waals surface area contributed by atoms with Gasteiger partial charge in [-0.1, -0.05) is 13.3 Å². The van der Waals surface area contributed by atoms with E-state index in [1.54, 1.807) is 6.92 Å². The third-order valence-corrected chi connectivity index (χ3v) is 6.66. The van der Waals surface area contributed by atoms with Gasteiger partial charge < -0.3 is 4.74 Å². The number of sulfonamides is 1. The van der Waals surface area contributed by atoms with E-state index in [4.69, 9.17) is 4.74 Å². The SMILES string of the molecule is CCCc1[nH]nc2c(=O)n(C)c(-c3cc(S(=O)(=O)NC(=O)c4ccncc4)ccc3OCC)nc12. The Hall–Kier alpha value is -4.06. The second-order valence-electron chi connectivity index (χ2n) is 7.71. The molecule has 0 unspecified atom stereocenters. The van der Waals surface area contributed by atoms with E-state index in [0.29, 0.717) is 30.0 Å². The Kier molecular flexibility index (Phi) is 6.65. The minimum atomic E-state index is -4.25. The van der Waals surface area contributed by atoms with Crippen molar-refractivity contribution in [1.82, 2.24) is 29.5 Å². The number of rotatable bonds is 8. The molecule has 0 saturated heterocycles. The van der Waals surface area contributed by atoms with Crippen LogP contribution in [0.15, 0.2) is 52.4 Å². The number of hydrogen-bond donors (Lipinski definition) is 2. The molecule has 3 heterocycles. The molecule has 1 amide bonds. The largest absolute Gasteiger partial charge is 0.493 e. The van der Waals surface area contributed by atoms with E-state index in [1.165, 1.54) is 54.3 Å². The molecular weight excluding hydrogens is 472 g/mol. The number of aromatic nitrogens is 5. The van der Waals surface area contributed by atoms with Gasteiger partial charge in [0.15, 0.2) is 5.52 Å². The zero-order chi connectivity index (χ0) is 25.2. The standard InChI is InChI=1S/C23H24N6O5S/c1-4-6-17-19-20(27-26-17)23(31)29(3)21(25-19)16-13-15(7-8-18(16)34-5-2)35(32,33)28-22(30)14-9-11-24-12-10-14/h7-13H,4-6H2,1-3H3,(H,26,27)(H,28,30). The molecule has 2 N–H and O–H groups in total. The first kappa shape index (κ1) is 24.1. The summed E-state index contributed by atoms with van der Waals surface area (Å²) in [6.45, 7) is 4.09. The molecule has 11 nitrogen and oxygen atoms in total. The first-order chi connectivity index (χ1) is 16.8. The number of amides is 1. The quantitative estimate of drug-likeness (QED) is 0.377. The van der Waals surface area contributed by atoms with Crippen molar-refractivity contribution in [2.24, 2.45) is 7.05 Å². The fourth-order valence-electron chi connectivity index (χ4n) is 3.62. The van der Waals surface area contributed by atoms with Gasteiger partial charge in [-0.05, 0) is 43.7 Å². The van der Waals surface area contributed by atoms with E-state index in [9.17, 15) is 18.0 Å². The fraction of sp³-hybridized carbons (Fsp3) is 0.261. The first-order valence-corrected chi connectivity index (χ1v) is 12.4. The summed E-state index contributed by atoms with van der Waals surface area (Å²) in [7, 11) is -2.72. The van der Waals surface area contributed by atoms with Gasteiger partial charge >= 0.3 is 0 Å². The normalized spacial score (nSPS) is 11.5. The second-order valence-corrected chi connectivity index (χ2v) is 9.39. The van der Waals surface area contributed by atoms with Crippen molar-refractivity contribution in [1.29, 1.82) is 0 Å². The summed E-state index contributed by atoms with van der Waals surface area (Å²) in [5, 5.41) is 6.98. The maximum atomic E-state index is 13.0. The third-order valence-electron chi connectivity index (χ3n) is 5.33. The third kappa shape index (κ3) is 4.64. The molecule has 0 atom stereocenters. The van der Waals surface area contributed by atoms with Crippen LogP contribution >= 0.6 is 0 Å². The Bertz CT molecular complexity index is 1560. The summed E-state index contributed by atoms with van der Waals surface area (Å²) >= 11 is 0. The maximum absolute atomic E-state index is 13.0. The van der Waals surface area contributed by atoms with E-state index in [2.05, 4.69) is 24.9 Å². The Balaban J connectivity index is 1.84. The highest BCUT2D eigenvalue weighted by atomic mass is 32.2. The van der Waals surface area contributed by atoms with E-state index >= 15 is 0 Å². The molecule has 0 aliphatic heterocycles. The number of aromatic amines is 1. The van der Waals surface area contributed by atoms with Gasteiger partial charge in [-0.15, -0.1) is 0 Å². The minimum absolute atomic E-state index is 0.146. The molecule has 0 spiro atoms. The number of hydrogen-bond acceptors (Lipinski definition) is 8. The maximum Gasteiger partial charge on any atom is 0.281 e. The summed E-state index contributed by atoms with van der Waals surface area (Å²) < 4.78 is 35.1. The molecule has 4 aromatic rings. The van der Waals surface area contributed by atoms with Crippen LogP contribution in [0, 0.1) is 0 Å². The van der Waals surface area contributed by atoms with Crippen molar-refractivity contribution in [3.8, 4) is 17.1 Å². The van der Waals surface area contributed by atoms with Gasteiger partial charge in [0.2, 0.25) is 0 Å². The molecule has 1 aromatic carbocycles. The first-order valence-electron chi connectivity index (χ1n) is 10.9. The van der Waals surface area contributed by atoms with Crippen LogP contribution in [0.3, 0.4) is 0 Å². The minimum Gasteiger partial charge on any atom is -0.493 e. The molecule has 0 aliphatic carbocycles. The van der Waals surface area contributed by atoms with Crippen molar-refractivity contribution in [3.63, 3.8) is 0 Å². The second kappa shape index (κ2) is 9.66. The summed E-state index contributed by atoms with van der Waals surface area (Å²) in [6.07, 6.45) is 4.24. The molecule has 12 heteroatoms. The Morgan fingerprint density at radius 3 is 2.57 bits per heavy atom. The Labute approximate surface area is 201 Å². The number of carbonyl (C=O) groups excluding carboxylic acids is 1. The van der Waals surface area contributed by atoms with E-state index < -0.39 is 15.9 Å². The highest BCUT2D eigenvalue weighted by Crippen LogP contribution is 2.32. The molecule has 0 aliphatic rings. The van der Waals surface area contributed by atoms with E-state index in [1.807, 2.05) is 6.92 Å². The summed E-state index contributed by atoms with van der Waals surface area (Å²) in [5.74, 6) is -0.242. The molecular formula is C23H24N6O5S. The number of H-pyrrole nitrogens is 1. The van der Waals surface area contributed by atoms with Crippen LogP contribution in [0.1, 0.15) is 36.3 Å². The van der Waals surface area contributed by atoms with E-state index in [0.717, 1.165) is 6.42 Å².